The molecule has 1 saturated heterocycles. The summed E-state index contributed by atoms with van der Waals surface area (Å²) in [6, 6.07) is 8.12. The fourth-order valence-corrected chi connectivity index (χ4v) is 2.46. The Morgan fingerprint density at radius 1 is 1.26 bits per heavy atom. The number of amides is 2. The van der Waals surface area contributed by atoms with Crippen LogP contribution < -0.4 is 4.90 Å². The van der Waals surface area contributed by atoms with Crippen molar-refractivity contribution in [3.05, 3.63) is 29.8 Å². The predicted octanol–water partition coefficient (Wildman–Crippen LogP) is 2.47. The van der Waals surface area contributed by atoms with E-state index in [1.54, 1.807) is 0 Å². The molecule has 2 amide bonds. The number of benzene rings is 1. The van der Waals surface area contributed by atoms with Crippen molar-refractivity contribution in [1.82, 2.24) is 4.90 Å². The van der Waals surface area contributed by atoms with E-state index >= 15 is 0 Å². The highest BCUT2D eigenvalue weighted by atomic mass is 16.2. The fraction of sp³-hybridized carbons (Fsp3) is 0.467. The van der Waals surface area contributed by atoms with Crippen molar-refractivity contribution in [1.29, 1.82) is 0 Å². The molecule has 0 unspecified atom stereocenters. The molecule has 1 aliphatic rings. The fourth-order valence-electron chi connectivity index (χ4n) is 2.46. The Labute approximate surface area is 114 Å². The molecule has 0 spiro atoms. The van der Waals surface area contributed by atoms with Crippen LogP contribution in [-0.4, -0.2) is 36.3 Å². The number of para-hydroxylation sites is 1. The van der Waals surface area contributed by atoms with Gasteiger partial charge >= 0.3 is 6.03 Å². The van der Waals surface area contributed by atoms with Gasteiger partial charge in [-0.1, -0.05) is 18.2 Å². The van der Waals surface area contributed by atoms with Crippen molar-refractivity contribution in [2.45, 2.75) is 32.7 Å². The number of rotatable bonds is 5. The third-order valence-electron chi connectivity index (χ3n) is 3.48. The standard InChI is InChI=1S/C15H20N2O2/c1-12(2)16-9-10-17(15(16)19)14-8-4-3-6-13(14)7-5-11-18/h3-4,6,8,11-12H,5,7,9-10H2,1-2H3. The number of carbonyl (C=O) groups excluding carboxylic acids is 2. The first-order chi connectivity index (χ1) is 9.15. The molecule has 1 aliphatic heterocycles. The maximum Gasteiger partial charge on any atom is 0.324 e. The minimum atomic E-state index is 0.0635. The molecule has 0 bridgehead atoms. The van der Waals surface area contributed by atoms with Gasteiger partial charge in [-0.3, -0.25) is 4.90 Å². The minimum Gasteiger partial charge on any atom is -0.320 e. The number of hydrogen-bond acceptors (Lipinski definition) is 2. The van der Waals surface area contributed by atoms with Crippen molar-refractivity contribution in [3.63, 3.8) is 0 Å². The van der Waals surface area contributed by atoms with Crippen LogP contribution in [0.1, 0.15) is 25.8 Å². The van der Waals surface area contributed by atoms with Crippen LogP contribution >= 0.6 is 0 Å². The van der Waals surface area contributed by atoms with Crippen LogP contribution in [0.2, 0.25) is 0 Å². The summed E-state index contributed by atoms with van der Waals surface area (Å²) >= 11 is 0. The van der Waals surface area contributed by atoms with E-state index in [4.69, 9.17) is 0 Å². The van der Waals surface area contributed by atoms with Crippen molar-refractivity contribution in [3.8, 4) is 0 Å². The Morgan fingerprint density at radius 3 is 2.63 bits per heavy atom. The maximum absolute atomic E-state index is 12.4. The number of carbonyl (C=O) groups is 2. The molecule has 102 valence electrons. The van der Waals surface area contributed by atoms with Crippen LogP contribution in [0.3, 0.4) is 0 Å². The molecule has 1 fully saturated rings. The van der Waals surface area contributed by atoms with Crippen LogP contribution in [0, 0.1) is 0 Å². The summed E-state index contributed by atoms with van der Waals surface area (Å²) in [6.45, 7) is 5.53. The smallest absolute Gasteiger partial charge is 0.320 e. The zero-order chi connectivity index (χ0) is 13.8. The summed E-state index contributed by atoms with van der Waals surface area (Å²) in [5.41, 5.74) is 2.01. The third kappa shape index (κ3) is 2.78. The van der Waals surface area contributed by atoms with Gasteiger partial charge in [-0.05, 0) is 31.9 Å². The Kier molecular flexibility index (Phi) is 4.20. The van der Waals surface area contributed by atoms with E-state index in [2.05, 4.69) is 0 Å². The largest absolute Gasteiger partial charge is 0.324 e. The van der Waals surface area contributed by atoms with Gasteiger partial charge in [-0.15, -0.1) is 0 Å². The summed E-state index contributed by atoms with van der Waals surface area (Å²) < 4.78 is 0. The van der Waals surface area contributed by atoms with Gasteiger partial charge in [0.1, 0.15) is 6.29 Å². The number of urea groups is 1. The lowest BCUT2D eigenvalue weighted by Crippen LogP contribution is -2.36. The molecule has 0 aromatic heterocycles. The number of aryl methyl sites for hydroxylation is 1. The van der Waals surface area contributed by atoms with Gasteiger partial charge in [0.15, 0.2) is 0 Å². The average Bonchev–Trinajstić information content (AvgIpc) is 2.78. The van der Waals surface area contributed by atoms with Crippen molar-refractivity contribution >= 4 is 18.0 Å². The quantitative estimate of drug-likeness (QED) is 0.763. The van der Waals surface area contributed by atoms with Gasteiger partial charge in [-0.25, -0.2) is 4.79 Å². The van der Waals surface area contributed by atoms with E-state index in [0.29, 0.717) is 12.8 Å². The number of hydrogen-bond donors (Lipinski definition) is 0. The predicted molar refractivity (Wildman–Crippen MR) is 75.4 cm³/mol. The molecule has 4 nitrogen and oxygen atoms in total. The van der Waals surface area contributed by atoms with Crippen LogP contribution in [-0.2, 0) is 11.2 Å². The van der Waals surface area contributed by atoms with E-state index in [1.807, 2.05) is 47.9 Å². The highest BCUT2D eigenvalue weighted by molar-refractivity contribution is 5.95. The van der Waals surface area contributed by atoms with Gasteiger partial charge in [0.05, 0.1) is 0 Å². The summed E-state index contributed by atoms with van der Waals surface area (Å²) in [5.74, 6) is 0. The van der Waals surface area contributed by atoms with E-state index < -0.39 is 0 Å². The van der Waals surface area contributed by atoms with Crippen molar-refractivity contribution in [2.75, 3.05) is 18.0 Å². The zero-order valence-corrected chi connectivity index (χ0v) is 11.5. The highest BCUT2D eigenvalue weighted by Crippen LogP contribution is 2.26. The Hall–Kier alpha value is -1.84. The minimum absolute atomic E-state index is 0.0635. The Morgan fingerprint density at radius 2 is 2.00 bits per heavy atom. The molecule has 2 rings (SSSR count). The zero-order valence-electron chi connectivity index (χ0n) is 11.5. The number of anilines is 1. The molecule has 0 aliphatic carbocycles. The molecule has 1 aromatic carbocycles. The maximum atomic E-state index is 12.4. The average molecular weight is 260 g/mol. The topological polar surface area (TPSA) is 40.6 Å². The third-order valence-corrected chi connectivity index (χ3v) is 3.48. The summed E-state index contributed by atoms with van der Waals surface area (Å²) in [6.07, 6.45) is 2.10. The monoisotopic (exact) mass is 260 g/mol. The van der Waals surface area contributed by atoms with Crippen LogP contribution in [0.25, 0.3) is 0 Å². The van der Waals surface area contributed by atoms with Gasteiger partial charge in [0, 0.05) is 31.2 Å². The SMILES string of the molecule is CC(C)N1CCN(c2ccccc2CCC=O)C1=O. The highest BCUT2D eigenvalue weighted by Gasteiger charge is 2.31. The van der Waals surface area contributed by atoms with E-state index in [0.717, 1.165) is 30.6 Å². The first kappa shape index (κ1) is 13.6. The van der Waals surface area contributed by atoms with E-state index in [1.165, 1.54) is 0 Å². The molecule has 0 saturated carbocycles. The van der Waals surface area contributed by atoms with Gasteiger partial charge in [0.2, 0.25) is 0 Å². The first-order valence-corrected chi connectivity index (χ1v) is 6.75. The second-order valence-electron chi connectivity index (χ2n) is 5.06. The molecule has 0 N–H and O–H groups in total. The van der Waals surface area contributed by atoms with E-state index in [9.17, 15) is 9.59 Å². The molecule has 1 aromatic rings. The lowest BCUT2D eigenvalue weighted by Gasteiger charge is -2.23. The van der Waals surface area contributed by atoms with Gasteiger partial charge < -0.3 is 9.69 Å². The van der Waals surface area contributed by atoms with Crippen LogP contribution in [0.4, 0.5) is 10.5 Å². The molecular weight excluding hydrogens is 240 g/mol. The van der Waals surface area contributed by atoms with Gasteiger partial charge in [0.25, 0.3) is 0 Å². The van der Waals surface area contributed by atoms with E-state index in [-0.39, 0.29) is 12.1 Å². The molecule has 1 heterocycles. The molecule has 0 radical (unpaired) electrons. The number of nitrogens with zero attached hydrogens (tertiary/aromatic N) is 2. The van der Waals surface area contributed by atoms with Crippen LogP contribution in [0.15, 0.2) is 24.3 Å². The second-order valence-corrected chi connectivity index (χ2v) is 5.06. The molecule has 19 heavy (non-hydrogen) atoms. The lowest BCUT2D eigenvalue weighted by molar-refractivity contribution is -0.107. The normalized spacial score (nSPS) is 15.4. The Balaban J connectivity index is 2.23. The molecule has 0 atom stereocenters. The molecule has 4 heteroatoms. The second kappa shape index (κ2) is 5.87. The first-order valence-electron chi connectivity index (χ1n) is 6.75. The Bertz CT molecular complexity index is 471. The van der Waals surface area contributed by atoms with Crippen molar-refractivity contribution < 1.29 is 9.59 Å². The number of aldehydes is 1. The van der Waals surface area contributed by atoms with Crippen LogP contribution in [0.5, 0.6) is 0 Å². The summed E-state index contributed by atoms with van der Waals surface area (Å²) in [5, 5.41) is 0. The van der Waals surface area contributed by atoms with Gasteiger partial charge in [-0.2, -0.15) is 0 Å². The summed E-state index contributed by atoms with van der Waals surface area (Å²) in [4.78, 5) is 26.6. The summed E-state index contributed by atoms with van der Waals surface area (Å²) in [7, 11) is 0. The molecular formula is C15H20N2O2. The van der Waals surface area contributed by atoms with Crippen molar-refractivity contribution in [2.24, 2.45) is 0 Å². The lowest BCUT2D eigenvalue weighted by atomic mass is 10.1.